The molecule has 0 nitrogen and oxygen atoms in total. The number of halogens is 2. The predicted molar refractivity (Wildman–Crippen MR) is 79.9 cm³/mol. The quantitative estimate of drug-likeness (QED) is 0.655. The Bertz CT molecular complexity index is 522. The van der Waals surface area contributed by atoms with Crippen molar-refractivity contribution in [3.63, 3.8) is 0 Å². The summed E-state index contributed by atoms with van der Waals surface area (Å²) in [6.07, 6.45) is 0. The summed E-state index contributed by atoms with van der Waals surface area (Å²) in [5.74, 6) is 0.319. The standard InChI is InChI=1S/C16H16Cl2/c1-10-4-5-14(9-16(10)18)12(3)13-6-7-15(17)11(2)8-13/h4-9,12H,1-3H3. The summed E-state index contributed by atoms with van der Waals surface area (Å²) in [5, 5.41) is 1.64. The number of benzene rings is 2. The Kier molecular flexibility index (Phi) is 3.99. The van der Waals surface area contributed by atoms with Crippen molar-refractivity contribution in [3.05, 3.63) is 68.7 Å². The first-order valence-corrected chi connectivity index (χ1v) is 6.76. The van der Waals surface area contributed by atoms with Gasteiger partial charge in [-0.3, -0.25) is 0 Å². The molecule has 0 spiro atoms. The molecule has 0 aliphatic carbocycles. The van der Waals surface area contributed by atoms with E-state index in [-0.39, 0.29) is 0 Å². The predicted octanol–water partition coefficient (Wildman–Crippen LogP) is 5.76. The molecule has 1 unspecified atom stereocenters. The fourth-order valence-corrected chi connectivity index (χ4v) is 2.31. The number of aryl methyl sites for hydroxylation is 2. The van der Waals surface area contributed by atoms with Gasteiger partial charge in [0.25, 0.3) is 0 Å². The SMILES string of the molecule is Cc1cc(C(C)c2ccc(C)c(Cl)c2)ccc1Cl. The average molecular weight is 279 g/mol. The van der Waals surface area contributed by atoms with Crippen molar-refractivity contribution in [2.75, 3.05) is 0 Å². The largest absolute Gasteiger partial charge is 0.0841 e. The lowest BCUT2D eigenvalue weighted by atomic mass is 9.92. The molecule has 0 aliphatic rings. The molecule has 0 radical (unpaired) electrons. The summed E-state index contributed by atoms with van der Waals surface area (Å²) < 4.78 is 0. The van der Waals surface area contributed by atoms with Crippen LogP contribution in [0.4, 0.5) is 0 Å². The maximum atomic E-state index is 6.18. The molecule has 0 bridgehead atoms. The van der Waals surface area contributed by atoms with Gasteiger partial charge in [-0.1, -0.05) is 54.4 Å². The zero-order valence-corrected chi connectivity index (χ0v) is 12.3. The third kappa shape index (κ3) is 2.71. The summed E-state index contributed by atoms with van der Waals surface area (Å²) in [6.45, 7) is 6.23. The highest BCUT2D eigenvalue weighted by Crippen LogP contribution is 2.29. The number of hydrogen-bond donors (Lipinski definition) is 0. The highest BCUT2D eigenvalue weighted by molar-refractivity contribution is 6.31. The third-order valence-corrected chi connectivity index (χ3v) is 4.21. The minimum atomic E-state index is 0.319. The van der Waals surface area contributed by atoms with Crippen LogP contribution in [-0.2, 0) is 0 Å². The van der Waals surface area contributed by atoms with E-state index in [1.165, 1.54) is 11.1 Å². The Morgan fingerprint density at radius 1 is 0.778 bits per heavy atom. The molecular formula is C16H16Cl2. The molecule has 2 heteroatoms. The van der Waals surface area contributed by atoms with Gasteiger partial charge < -0.3 is 0 Å². The van der Waals surface area contributed by atoms with E-state index in [1.807, 2.05) is 26.0 Å². The van der Waals surface area contributed by atoms with E-state index in [0.717, 1.165) is 21.2 Å². The molecule has 0 N–H and O–H groups in total. The summed E-state index contributed by atoms with van der Waals surface area (Å²) in [6, 6.07) is 12.4. The van der Waals surface area contributed by atoms with Crippen LogP contribution >= 0.6 is 23.2 Å². The lowest BCUT2D eigenvalue weighted by Gasteiger charge is -2.14. The van der Waals surface area contributed by atoms with Crippen LogP contribution in [0.15, 0.2) is 36.4 Å². The molecule has 0 fully saturated rings. The smallest absolute Gasteiger partial charge is 0.0438 e. The first-order valence-electron chi connectivity index (χ1n) is 6.01. The molecular weight excluding hydrogens is 263 g/mol. The second-order valence-corrected chi connectivity index (χ2v) is 5.55. The second-order valence-electron chi connectivity index (χ2n) is 4.74. The van der Waals surface area contributed by atoms with E-state index >= 15 is 0 Å². The molecule has 0 heterocycles. The zero-order valence-electron chi connectivity index (χ0n) is 10.8. The number of rotatable bonds is 2. The van der Waals surface area contributed by atoms with Gasteiger partial charge in [0.2, 0.25) is 0 Å². The van der Waals surface area contributed by atoms with E-state index in [4.69, 9.17) is 23.2 Å². The third-order valence-electron chi connectivity index (χ3n) is 3.38. The fraction of sp³-hybridized carbons (Fsp3) is 0.250. The van der Waals surface area contributed by atoms with Gasteiger partial charge in [-0.15, -0.1) is 0 Å². The molecule has 0 saturated heterocycles. The highest BCUT2D eigenvalue weighted by atomic mass is 35.5. The van der Waals surface area contributed by atoms with Crippen molar-refractivity contribution >= 4 is 23.2 Å². The van der Waals surface area contributed by atoms with Crippen molar-refractivity contribution in [1.82, 2.24) is 0 Å². The first kappa shape index (κ1) is 13.5. The van der Waals surface area contributed by atoms with Crippen LogP contribution in [0, 0.1) is 13.8 Å². The molecule has 2 rings (SSSR count). The normalized spacial score (nSPS) is 12.5. The van der Waals surface area contributed by atoms with Crippen LogP contribution in [0.5, 0.6) is 0 Å². The van der Waals surface area contributed by atoms with E-state index in [2.05, 4.69) is 31.2 Å². The molecule has 2 aromatic carbocycles. The topological polar surface area (TPSA) is 0 Å². The summed E-state index contributed by atoms with van der Waals surface area (Å²) in [5.41, 5.74) is 4.71. The molecule has 18 heavy (non-hydrogen) atoms. The van der Waals surface area contributed by atoms with Crippen molar-refractivity contribution in [2.45, 2.75) is 26.7 Å². The van der Waals surface area contributed by atoms with Crippen molar-refractivity contribution in [1.29, 1.82) is 0 Å². The van der Waals surface area contributed by atoms with Crippen LogP contribution in [0.25, 0.3) is 0 Å². The summed E-state index contributed by atoms with van der Waals surface area (Å²) >= 11 is 12.2. The highest BCUT2D eigenvalue weighted by Gasteiger charge is 2.10. The Balaban J connectivity index is 2.37. The monoisotopic (exact) mass is 278 g/mol. The van der Waals surface area contributed by atoms with Gasteiger partial charge in [0, 0.05) is 16.0 Å². The van der Waals surface area contributed by atoms with Crippen molar-refractivity contribution in [3.8, 4) is 0 Å². The molecule has 2 aromatic rings. The average Bonchev–Trinajstić information content (AvgIpc) is 2.35. The van der Waals surface area contributed by atoms with Gasteiger partial charge in [0.05, 0.1) is 0 Å². The maximum absolute atomic E-state index is 6.18. The molecule has 0 aliphatic heterocycles. The van der Waals surface area contributed by atoms with E-state index < -0.39 is 0 Å². The maximum Gasteiger partial charge on any atom is 0.0438 e. The molecule has 94 valence electrons. The van der Waals surface area contributed by atoms with Crippen molar-refractivity contribution in [2.24, 2.45) is 0 Å². The molecule has 0 saturated carbocycles. The Morgan fingerprint density at radius 3 is 2.00 bits per heavy atom. The summed E-state index contributed by atoms with van der Waals surface area (Å²) in [4.78, 5) is 0. The number of hydrogen-bond acceptors (Lipinski definition) is 0. The molecule has 0 aromatic heterocycles. The van der Waals surface area contributed by atoms with Crippen LogP contribution in [0.3, 0.4) is 0 Å². The van der Waals surface area contributed by atoms with Crippen LogP contribution in [0.2, 0.25) is 10.0 Å². The minimum Gasteiger partial charge on any atom is -0.0841 e. The Labute approximate surface area is 119 Å². The van der Waals surface area contributed by atoms with Gasteiger partial charge in [-0.05, 0) is 48.2 Å². The van der Waals surface area contributed by atoms with Crippen LogP contribution < -0.4 is 0 Å². The lowest BCUT2D eigenvalue weighted by molar-refractivity contribution is 0.919. The van der Waals surface area contributed by atoms with Crippen LogP contribution in [0.1, 0.15) is 35.1 Å². The summed E-state index contributed by atoms with van der Waals surface area (Å²) in [7, 11) is 0. The van der Waals surface area contributed by atoms with Gasteiger partial charge in [-0.25, -0.2) is 0 Å². The molecule has 0 amide bonds. The van der Waals surface area contributed by atoms with Gasteiger partial charge >= 0.3 is 0 Å². The lowest BCUT2D eigenvalue weighted by Crippen LogP contribution is -1.97. The second kappa shape index (κ2) is 5.34. The Morgan fingerprint density at radius 2 is 1.39 bits per heavy atom. The van der Waals surface area contributed by atoms with Crippen molar-refractivity contribution < 1.29 is 0 Å². The van der Waals surface area contributed by atoms with Gasteiger partial charge in [0.1, 0.15) is 0 Å². The zero-order chi connectivity index (χ0) is 13.3. The van der Waals surface area contributed by atoms with Gasteiger partial charge in [-0.2, -0.15) is 0 Å². The van der Waals surface area contributed by atoms with E-state index in [9.17, 15) is 0 Å². The molecule has 1 atom stereocenters. The fourth-order valence-electron chi connectivity index (χ4n) is 2.01. The first-order chi connectivity index (χ1) is 8.49. The minimum absolute atomic E-state index is 0.319. The van der Waals surface area contributed by atoms with Gasteiger partial charge in [0.15, 0.2) is 0 Å². The van der Waals surface area contributed by atoms with Crippen LogP contribution in [-0.4, -0.2) is 0 Å². The van der Waals surface area contributed by atoms with E-state index in [1.54, 1.807) is 0 Å². The van der Waals surface area contributed by atoms with E-state index in [0.29, 0.717) is 5.92 Å². The Hall–Kier alpha value is -0.980.